The van der Waals surface area contributed by atoms with E-state index in [1.807, 2.05) is 35.8 Å². The normalized spacial score (nSPS) is 19.3. The molecule has 3 aromatic rings. The molecule has 4 rings (SSSR count). The predicted octanol–water partition coefficient (Wildman–Crippen LogP) is 2.35. The molecule has 0 amide bonds. The number of hydrogen-bond donors (Lipinski definition) is 0. The fourth-order valence-corrected chi connectivity index (χ4v) is 3.89. The van der Waals surface area contributed by atoms with Crippen LogP contribution in [0.1, 0.15) is 17.5 Å². The van der Waals surface area contributed by atoms with Gasteiger partial charge in [0.25, 0.3) is 5.89 Å². The van der Waals surface area contributed by atoms with E-state index < -0.39 is 0 Å². The highest BCUT2D eigenvalue weighted by Gasteiger charge is 2.27. The zero-order chi connectivity index (χ0) is 15.6. The zero-order valence-corrected chi connectivity index (χ0v) is 13.6. The summed E-state index contributed by atoms with van der Waals surface area (Å²) in [5.74, 6) is 3.79. The number of thioether (sulfide) groups is 1. The van der Waals surface area contributed by atoms with E-state index in [4.69, 9.17) is 8.83 Å². The SMILES string of the molecule is Cn1cc(C2CSCCN2Cc2nnc(-c3ccco3)o2)cn1. The molecule has 0 radical (unpaired) electrons. The molecular weight excluding hydrogens is 314 g/mol. The highest BCUT2D eigenvalue weighted by molar-refractivity contribution is 7.99. The fraction of sp³-hybridized carbons (Fsp3) is 0.400. The quantitative estimate of drug-likeness (QED) is 0.726. The van der Waals surface area contributed by atoms with Crippen molar-refractivity contribution >= 4 is 11.8 Å². The molecule has 0 aromatic carbocycles. The Kier molecular flexibility index (Phi) is 3.92. The highest BCUT2D eigenvalue weighted by atomic mass is 32.2. The van der Waals surface area contributed by atoms with E-state index >= 15 is 0 Å². The van der Waals surface area contributed by atoms with Crippen molar-refractivity contribution in [1.82, 2.24) is 24.9 Å². The van der Waals surface area contributed by atoms with Crippen LogP contribution in [0.15, 0.2) is 39.6 Å². The van der Waals surface area contributed by atoms with Gasteiger partial charge in [0.15, 0.2) is 5.76 Å². The van der Waals surface area contributed by atoms with E-state index in [-0.39, 0.29) is 0 Å². The molecule has 0 N–H and O–H groups in total. The van der Waals surface area contributed by atoms with Crippen LogP contribution < -0.4 is 0 Å². The predicted molar refractivity (Wildman–Crippen MR) is 85.7 cm³/mol. The smallest absolute Gasteiger partial charge is 0.283 e. The van der Waals surface area contributed by atoms with E-state index in [2.05, 4.69) is 26.4 Å². The number of aryl methyl sites for hydroxylation is 1. The zero-order valence-electron chi connectivity index (χ0n) is 12.8. The Morgan fingerprint density at radius 2 is 2.35 bits per heavy atom. The van der Waals surface area contributed by atoms with E-state index in [0.717, 1.165) is 18.1 Å². The van der Waals surface area contributed by atoms with Gasteiger partial charge in [-0.1, -0.05) is 0 Å². The summed E-state index contributed by atoms with van der Waals surface area (Å²) >= 11 is 1.96. The fourth-order valence-electron chi connectivity index (χ4n) is 2.74. The van der Waals surface area contributed by atoms with Crippen LogP contribution in [0.5, 0.6) is 0 Å². The van der Waals surface area contributed by atoms with Crippen molar-refractivity contribution in [3.05, 3.63) is 42.2 Å². The first-order valence-electron chi connectivity index (χ1n) is 7.46. The Labute approximate surface area is 137 Å². The summed E-state index contributed by atoms with van der Waals surface area (Å²) in [7, 11) is 1.94. The van der Waals surface area contributed by atoms with Crippen LogP contribution in [0.3, 0.4) is 0 Å². The minimum absolute atomic E-state index is 0.321. The van der Waals surface area contributed by atoms with E-state index in [1.54, 1.807) is 12.3 Å². The minimum Gasteiger partial charge on any atom is -0.459 e. The van der Waals surface area contributed by atoms with Crippen molar-refractivity contribution in [2.75, 3.05) is 18.1 Å². The van der Waals surface area contributed by atoms with Gasteiger partial charge in [-0.3, -0.25) is 9.58 Å². The first-order valence-corrected chi connectivity index (χ1v) is 8.61. The Hall–Kier alpha value is -2.06. The van der Waals surface area contributed by atoms with Crippen molar-refractivity contribution in [2.24, 2.45) is 7.05 Å². The standard InChI is InChI=1S/C15H17N5O2S/c1-19-8-11(7-16-19)12-10-23-6-4-20(12)9-14-17-18-15(22-14)13-3-2-5-21-13/h2-3,5,7-8,12H,4,6,9-10H2,1H3. The van der Waals surface area contributed by atoms with Crippen molar-refractivity contribution in [3.63, 3.8) is 0 Å². The van der Waals surface area contributed by atoms with Crippen LogP contribution in [0.2, 0.25) is 0 Å². The number of aromatic nitrogens is 4. The lowest BCUT2D eigenvalue weighted by molar-refractivity contribution is 0.192. The lowest BCUT2D eigenvalue weighted by Gasteiger charge is -2.33. The topological polar surface area (TPSA) is 73.1 Å². The molecule has 3 aromatic heterocycles. The van der Waals surface area contributed by atoms with Gasteiger partial charge in [0.1, 0.15) is 0 Å². The van der Waals surface area contributed by atoms with Crippen LogP contribution in [0.4, 0.5) is 0 Å². The van der Waals surface area contributed by atoms with Crippen LogP contribution in [-0.4, -0.2) is 42.9 Å². The lowest BCUT2D eigenvalue weighted by atomic mass is 10.1. The molecule has 0 spiro atoms. The lowest BCUT2D eigenvalue weighted by Crippen LogP contribution is -2.35. The first-order chi connectivity index (χ1) is 11.3. The molecule has 0 aliphatic carbocycles. The molecule has 23 heavy (non-hydrogen) atoms. The van der Waals surface area contributed by atoms with Gasteiger partial charge in [-0.25, -0.2) is 0 Å². The molecule has 1 fully saturated rings. The molecule has 1 aliphatic heterocycles. The molecule has 0 bridgehead atoms. The average Bonchev–Trinajstić information content (AvgIpc) is 3.28. The molecule has 8 heteroatoms. The third kappa shape index (κ3) is 3.04. The Balaban J connectivity index is 1.52. The summed E-state index contributed by atoms with van der Waals surface area (Å²) in [5, 5.41) is 12.5. The second kappa shape index (κ2) is 6.21. The maximum atomic E-state index is 5.73. The van der Waals surface area contributed by atoms with Crippen molar-refractivity contribution in [2.45, 2.75) is 12.6 Å². The van der Waals surface area contributed by atoms with Gasteiger partial charge < -0.3 is 8.83 Å². The summed E-state index contributed by atoms with van der Waals surface area (Å²) in [6.45, 7) is 1.62. The second-order valence-electron chi connectivity index (χ2n) is 5.49. The second-order valence-corrected chi connectivity index (χ2v) is 6.64. The summed E-state index contributed by atoms with van der Waals surface area (Å²) in [6, 6.07) is 3.94. The monoisotopic (exact) mass is 331 g/mol. The third-order valence-corrected chi connectivity index (χ3v) is 4.91. The molecular formula is C15H17N5O2S. The Bertz CT molecular complexity index is 767. The Morgan fingerprint density at radius 1 is 1.39 bits per heavy atom. The van der Waals surface area contributed by atoms with Gasteiger partial charge in [-0.2, -0.15) is 16.9 Å². The maximum Gasteiger partial charge on any atom is 0.283 e. The number of rotatable bonds is 4. The minimum atomic E-state index is 0.321. The molecule has 7 nitrogen and oxygen atoms in total. The van der Waals surface area contributed by atoms with Crippen LogP contribution in [0, 0.1) is 0 Å². The molecule has 1 atom stereocenters. The molecule has 0 saturated carbocycles. The van der Waals surface area contributed by atoms with Gasteiger partial charge in [0.2, 0.25) is 5.89 Å². The Morgan fingerprint density at radius 3 is 3.13 bits per heavy atom. The van der Waals surface area contributed by atoms with Crippen LogP contribution in [-0.2, 0) is 13.6 Å². The molecule has 1 saturated heterocycles. The van der Waals surface area contributed by atoms with Gasteiger partial charge in [0, 0.05) is 42.9 Å². The van der Waals surface area contributed by atoms with Crippen molar-refractivity contribution in [1.29, 1.82) is 0 Å². The van der Waals surface area contributed by atoms with Crippen molar-refractivity contribution in [3.8, 4) is 11.7 Å². The average molecular weight is 331 g/mol. The summed E-state index contributed by atoms with van der Waals surface area (Å²) in [4.78, 5) is 2.37. The highest BCUT2D eigenvalue weighted by Crippen LogP contribution is 2.30. The largest absolute Gasteiger partial charge is 0.459 e. The van der Waals surface area contributed by atoms with E-state index in [1.165, 1.54) is 5.56 Å². The van der Waals surface area contributed by atoms with Gasteiger partial charge in [0.05, 0.1) is 19.0 Å². The van der Waals surface area contributed by atoms with Crippen molar-refractivity contribution < 1.29 is 8.83 Å². The summed E-state index contributed by atoms with van der Waals surface area (Å²) < 4.78 is 12.9. The van der Waals surface area contributed by atoms with Gasteiger partial charge >= 0.3 is 0 Å². The molecule has 1 aliphatic rings. The molecule has 1 unspecified atom stereocenters. The molecule has 4 heterocycles. The van der Waals surface area contributed by atoms with Crippen LogP contribution in [0.25, 0.3) is 11.7 Å². The third-order valence-electron chi connectivity index (χ3n) is 3.89. The maximum absolute atomic E-state index is 5.73. The molecule has 120 valence electrons. The number of furan rings is 1. The van der Waals surface area contributed by atoms with Gasteiger partial charge in [-0.05, 0) is 12.1 Å². The van der Waals surface area contributed by atoms with Crippen LogP contribution >= 0.6 is 11.8 Å². The summed E-state index contributed by atoms with van der Waals surface area (Å²) in [6.07, 6.45) is 5.61. The van der Waals surface area contributed by atoms with Gasteiger partial charge in [-0.15, -0.1) is 10.2 Å². The number of nitrogens with zero attached hydrogens (tertiary/aromatic N) is 5. The van der Waals surface area contributed by atoms with E-state index in [0.29, 0.717) is 30.1 Å². The van der Waals surface area contributed by atoms with E-state index in [9.17, 15) is 0 Å². The first kappa shape index (κ1) is 14.5. The summed E-state index contributed by atoms with van der Waals surface area (Å²) in [5.41, 5.74) is 1.23. The number of hydrogen-bond acceptors (Lipinski definition) is 7.